The molecule has 2 rings (SSSR count). The quantitative estimate of drug-likeness (QED) is 0.707. The van der Waals surface area contributed by atoms with E-state index in [1.165, 1.54) is 0 Å². The van der Waals surface area contributed by atoms with Crippen LogP contribution in [-0.4, -0.2) is 18.6 Å². The SMILES string of the molecule is C#C/C=C/C1Nc2cccc(C(=O)NCC)c2N1. The summed E-state index contributed by atoms with van der Waals surface area (Å²) in [5.41, 5.74) is 2.36. The Morgan fingerprint density at radius 1 is 1.56 bits per heavy atom. The molecule has 0 saturated heterocycles. The Bertz CT molecular complexity index is 528. The van der Waals surface area contributed by atoms with E-state index >= 15 is 0 Å². The molecule has 0 radical (unpaired) electrons. The van der Waals surface area contributed by atoms with Crippen LogP contribution in [0, 0.1) is 12.3 Å². The van der Waals surface area contributed by atoms with Crippen molar-refractivity contribution in [3.8, 4) is 12.3 Å². The largest absolute Gasteiger partial charge is 0.360 e. The van der Waals surface area contributed by atoms with Gasteiger partial charge in [-0.1, -0.05) is 12.0 Å². The predicted octanol–water partition coefficient (Wildman–Crippen LogP) is 1.79. The van der Waals surface area contributed by atoms with Crippen LogP contribution in [0.1, 0.15) is 17.3 Å². The smallest absolute Gasteiger partial charge is 0.253 e. The van der Waals surface area contributed by atoms with Crippen LogP contribution in [0.3, 0.4) is 0 Å². The van der Waals surface area contributed by atoms with E-state index < -0.39 is 0 Å². The summed E-state index contributed by atoms with van der Waals surface area (Å²) >= 11 is 0. The van der Waals surface area contributed by atoms with Crippen LogP contribution in [0.4, 0.5) is 11.4 Å². The van der Waals surface area contributed by atoms with Crippen LogP contribution in [0.15, 0.2) is 30.4 Å². The van der Waals surface area contributed by atoms with Gasteiger partial charge in [0.05, 0.1) is 16.9 Å². The minimum Gasteiger partial charge on any atom is -0.360 e. The first-order chi connectivity index (χ1) is 8.76. The van der Waals surface area contributed by atoms with Crippen LogP contribution in [-0.2, 0) is 0 Å². The van der Waals surface area contributed by atoms with Crippen LogP contribution < -0.4 is 16.0 Å². The van der Waals surface area contributed by atoms with Gasteiger partial charge < -0.3 is 16.0 Å². The van der Waals surface area contributed by atoms with E-state index in [1.54, 1.807) is 12.1 Å². The van der Waals surface area contributed by atoms with Gasteiger partial charge in [-0.05, 0) is 31.2 Å². The Labute approximate surface area is 106 Å². The molecule has 1 amide bonds. The third-order valence-electron chi connectivity index (χ3n) is 2.64. The molecule has 3 N–H and O–H groups in total. The van der Waals surface area contributed by atoms with E-state index in [1.807, 2.05) is 25.1 Å². The zero-order chi connectivity index (χ0) is 13.0. The van der Waals surface area contributed by atoms with Crippen molar-refractivity contribution in [3.63, 3.8) is 0 Å². The number of benzene rings is 1. The summed E-state index contributed by atoms with van der Waals surface area (Å²) < 4.78 is 0. The van der Waals surface area contributed by atoms with Crippen LogP contribution in [0.5, 0.6) is 0 Å². The number of fused-ring (bicyclic) bond motifs is 1. The van der Waals surface area contributed by atoms with E-state index in [9.17, 15) is 4.79 Å². The molecular formula is C14H15N3O. The van der Waals surface area contributed by atoms with E-state index in [0.29, 0.717) is 12.1 Å². The molecule has 1 aliphatic heterocycles. The minimum absolute atomic E-state index is 0.0772. The van der Waals surface area contributed by atoms with Gasteiger partial charge in [-0.15, -0.1) is 6.42 Å². The number of carbonyl (C=O) groups excluding carboxylic acids is 1. The summed E-state index contributed by atoms with van der Waals surface area (Å²) in [7, 11) is 0. The highest BCUT2D eigenvalue weighted by Gasteiger charge is 2.22. The molecule has 1 aromatic rings. The number of anilines is 2. The van der Waals surface area contributed by atoms with Gasteiger partial charge in [0.1, 0.15) is 6.17 Å². The molecule has 92 valence electrons. The average molecular weight is 241 g/mol. The third kappa shape index (κ3) is 2.30. The van der Waals surface area contributed by atoms with Crippen molar-refractivity contribution < 1.29 is 4.79 Å². The Kier molecular flexibility index (Phi) is 3.54. The average Bonchev–Trinajstić information content (AvgIpc) is 2.79. The number of hydrogen-bond donors (Lipinski definition) is 3. The first-order valence-electron chi connectivity index (χ1n) is 5.83. The number of carbonyl (C=O) groups is 1. The topological polar surface area (TPSA) is 53.2 Å². The third-order valence-corrected chi connectivity index (χ3v) is 2.64. The van der Waals surface area contributed by atoms with Crippen LogP contribution in [0.2, 0.25) is 0 Å². The lowest BCUT2D eigenvalue weighted by molar-refractivity contribution is 0.0956. The number of nitrogens with one attached hydrogen (secondary N) is 3. The minimum atomic E-state index is -0.0785. The zero-order valence-corrected chi connectivity index (χ0v) is 10.2. The number of hydrogen-bond acceptors (Lipinski definition) is 3. The van der Waals surface area contributed by atoms with Crippen molar-refractivity contribution in [2.24, 2.45) is 0 Å². The number of terminal acetylenes is 1. The fourth-order valence-corrected chi connectivity index (χ4v) is 1.88. The van der Waals surface area contributed by atoms with Crippen molar-refractivity contribution in [1.29, 1.82) is 0 Å². The van der Waals surface area contributed by atoms with E-state index in [4.69, 9.17) is 6.42 Å². The van der Waals surface area contributed by atoms with Gasteiger partial charge in [-0.2, -0.15) is 0 Å². The number of para-hydroxylation sites is 1. The second-order valence-electron chi connectivity index (χ2n) is 3.88. The Morgan fingerprint density at radius 2 is 2.39 bits per heavy atom. The van der Waals surface area contributed by atoms with Gasteiger partial charge in [0, 0.05) is 6.54 Å². The molecule has 0 spiro atoms. The molecule has 4 heteroatoms. The predicted molar refractivity (Wildman–Crippen MR) is 73.5 cm³/mol. The standard InChI is InChI=1S/C14H15N3O/c1-3-5-9-12-16-11-8-6-7-10(13(11)17-12)14(18)15-4-2/h1,5-9,12,16-17H,4H2,2H3,(H,15,18)/b9-5+. The fraction of sp³-hybridized carbons (Fsp3) is 0.214. The molecule has 1 heterocycles. The molecule has 1 atom stereocenters. The summed E-state index contributed by atoms with van der Waals surface area (Å²) in [4.78, 5) is 11.9. The first kappa shape index (κ1) is 12.1. The van der Waals surface area contributed by atoms with Crippen molar-refractivity contribution in [1.82, 2.24) is 5.32 Å². The van der Waals surface area contributed by atoms with Gasteiger partial charge in [0.2, 0.25) is 0 Å². The normalized spacial score (nSPS) is 16.6. The monoisotopic (exact) mass is 241 g/mol. The lowest BCUT2D eigenvalue weighted by atomic mass is 10.1. The molecular weight excluding hydrogens is 226 g/mol. The maximum absolute atomic E-state index is 11.9. The molecule has 1 unspecified atom stereocenters. The molecule has 18 heavy (non-hydrogen) atoms. The molecule has 0 bridgehead atoms. The summed E-state index contributed by atoms with van der Waals surface area (Å²) in [5.74, 6) is 2.36. The summed E-state index contributed by atoms with van der Waals surface area (Å²) in [6.07, 6.45) is 8.56. The van der Waals surface area contributed by atoms with Crippen molar-refractivity contribution in [3.05, 3.63) is 35.9 Å². The molecule has 0 aromatic heterocycles. The molecule has 4 nitrogen and oxygen atoms in total. The van der Waals surface area contributed by atoms with Crippen molar-refractivity contribution in [2.45, 2.75) is 13.1 Å². The fourth-order valence-electron chi connectivity index (χ4n) is 1.88. The second kappa shape index (κ2) is 5.28. The zero-order valence-electron chi connectivity index (χ0n) is 10.2. The highest BCUT2D eigenvalue weighted by Crippen LogP contribution is 2.32. The highest BCUT2D eigenvalue weighted by atomic mass is 16.1. The maximum Gasteiger partial charge on any atom is 0.253 e. The van der Waals surface area contributed by atoms with Gasteiger partial charge in [0.25, 0.3) is 5.91 Å². The molecule has 0 fully saturated rings. The second-order valence-corrected chi connectivity index (χ2v) is 3.88. The van der Waals surface area contributed by atoms with E-state index in [2.05, 4.69) is 21.9 Å². The molecule has 0 saturated carbocycles. The Morgan fingerprint density at radius 3 is 3.11 bits per heavy atom. The lowest BCUT2D eigenvalue weighted by Gasteiger charge is -2.08. The van der Waals surface area contributed by atoms with Gasteiger partial charge in [-0.3, -0.25) is 4.79 Å². The summed E-state index contributed by atoms with van der Waals surface area (Å²) in [6.45, 7) is 2.50. The molecule has 1 aliphatic rings. The summed E-state index contributed by atoms with van der Waals surface area (Å²) in [6, 6.07) is 5.58. The van der Waals surface area contributed by atoms with Gasteiger partial charge in [-0.25, -0.2) is 0 Å². The Balaban J connectivity index is 2.25. The summed E-state index contributed by atoms with van der Waals surface area (Å²) in [5, 5.41) is 9.25. The van der Waals surface area contributed by atoms with E-state index in [0.717, 1.165) is 11.4 Å². The van der Waals surface area contributed by atoms with E-state index in [-0.39, 0.29) is 12.1 Å². The lowest BCUT2D eigenvalue weighted by Crippen LogP contribution is -2.24. The van der Waals surface area contributed by atoms with Gasteiger partial charge in [0.15, 0.2) is 0 Å². The number of rotatable bonds is 3. The molecule has 1 aromatic carbocycles. The van der Waals surface area contributed by atoms with Crippen LogP contribution in [0.25, 0.3) is 0 Å². The van der Waals surface area contributed by atoms with Crippen molar-refractivity contribution in [2.75, 3.05) is 17.2 Å². The van der Waals surface area contributed by atoms with Crippen molar-refractivity contribution >= 4 is 17.3 Å². The first-order valence-corrected chi connectivity index (χ1v) is 5.83. The van der Waals surface area contributed by atoms with Gasteiger partial charge >= 0.3 is 0 Å². The Hall–Kier alpha value is -2.41. The number of allylic oxidation sites excluding steroid dienone is 1. The maximum atomic E-state index is 11.9. The molecule has 0 aliphatic carbocycles. The highest BCUT2D eigenvalue weighted by molar-refractivity contribution is 6.03. The number of amides is 1. The van der Waals surface area contributed by atoms with Crippen LogP contribution >= 0.6 is 0 Å².